The van der Waals surface area contributed by atoms with Gasteiger partial charge in [0.2, 0.25) is 5.95 Å². The molecule has 0 aliphatic rings. The molecule has 0 atom stereocenters. The van der Waals surface area contributed by atoms with Gasteiger partial charge in [-0.3, -0.25) is 5.43 Å². The number of rotatable bonds is 4. The number of anilines is 2. The number of nitrogens with one attached hydrogen (secondary N) is 2. The maximum atomic E-state index is 5.28. The fourth-order valence-electron chi connectivity index (χ4n) is 1.39. The van der Waals surface area contributed by atoms with Crippen LogP contribution in [0.15, 0.2) is 11.4 Å². The molecule has 2 aromatic rings. The normalized spacial score (nSPS) is 10.3. The molecule has 90 valence electrons. The number of nitrogens with two attached hydrogens (primary N) is 1. The Labute approximate surface area is 103 Å². The standard InChI is InChI=1S/C10H14N6S/c1-6-3-9(15-10(13-6)16-11)12-4-8-5-17-7(2)14-8/h3,5H,4,11H2,1-2H3,(H2,12,13,15,16). The van der Waals surface area contributed by atoms with E-state index in [1.165, 1.54) is 0 Å². The zero-order valence-electron chi connectivity index (χ0n) is 9.69. The van der Waals surface area contributed by atoms with Crippen LogP contribution in [0.5, 0.6) is 0 Å². The molecule has 0 saturated carbocycles. The monoisotopic (exact) mass is 250 g/mol. The molecule has 7 heteroatoms. The van der Waals surface area contributed by atoms with Crippen molar-refractivity contribution in [3.63, 3.8) is 0 Å². The van der Waals surface area contributed by atoms with Gasteiger partial charge in [0.25, 0.3) is 0 Å². The summed E-state index contributed by atoms with van der Waals surface area (Å²) < 4.78 is 0. The largest absolute Gasteiger partial charge is 0.364 e. The molecule has 17 heavy (non-hydrogen) atoms. The average molecular weight is 250 g/mol. The quantitative estimate of drug-likeness (QED) is 0.562. The second-order valence-electron chi connectivity index (χ2n) is 3.57. The van der Waals surface area contributed by atoms with Gasteiger partial charge in [-0.25, -0.2) is 15.8 Å². The van der Waals surface area contributed by atoms with Gasteiger partial charge in [-0.05, 0) is 13.8 Å². The van der Waals surface area contributed by atoms with Crippen LogP contribution in [-0.4, -0.2) is 15.0 Å². The summed E-state index contributed by atoms with van der Waals surface area (Å²) in [6.45, 7) is 4.52. The van der Waals surface area contributed by atoms with E-state index in [4.69, 9.17) is 5.84 Å². The number of hydrogen-bond acceptors (Lipinski definition) is 7. The summed E-state index contributed by atoms with van der Waals surface area (Å²) in [7, 11) is 0. The Kier molecular flexibility index (Phi) is 3.50. The Balaban J connectivity index is 2.05. The Morgan fingerprint density at radius 2 is 2.12 bits per heavy atom. The molecule has 0 radical (unpaired) electrons. The highest BCUT2D eigenvalue weighted by Gasteiger charge is 2.02. The molecular weight excluding hydrogens is 236 g/mol. The van der Waals surface area contributed by atoms with Crippen molar-refractivity contribution in [2.45, 2.75) is 20.4 Å². The fraction of sp³-hybridized carbons (Fsp3) is 0.300. The second kappa shape index (κ2) is 5.07. The van der Waals surface area contributed by atoms with Gasteiger partial charge in [-0.2, -0.15) is 4.98 Å². The highest BCUT2D eigenvalue weighted by atomic mass is 32.1. The number of aryl methyl sites for hydroxylation is 2. The van der Waals surface area contributed by atoms with Crippen molar-refractivity contribution in [3.05, 3.63) is 27.8 Å². The summed E-state index contributed by atoms with van der Waals surface area (Å²) >= 11 is 1.63. The van der Waals surface area contributed by atoms with Crippen molar-refractivity contribution < 1.29 is 0 Å². The Bertz CT molecular complexity index is 509. The SMILES string of the molecule is Cc1cc(NCc2csc(C)n2)nc(NN)n1. The first-order chi connectivity index (χ1) is 8.17. The van der Waals surface area contributed by atoms with E-state index in [9.17, 15) is 0 Å². The van der Waals surface area contributed by atoms with Crippen molar-refractivity contribution in [2.24, 2.45) is 5.84 Å². The summed E-state index contributed by atoms with van der Waals surface area (Å²) in [5.41, 5.74) is 4.29. The third kappa shape index (κ3) is 3.11. The van der Waals surface area contributed by atoms with E-state index >= 15 is 0 Å². The number of thiazole rings is 1. The first-order valence-electron chi connectivity index (χ1n) is 5.14. The molecule has 0 fully saturated rings. The molecule has 2 heterocycles. The van der Waals surface area contributed by atoms with Gasteiger partial charge < -0.3 is 5.32 Å². The first kappa shape index (κ1) is 11.7. The summed E-state index contributed by atoms with van der Waals surface area (Å²) in [6.07, 6.45) is 0. The van der Waals surface area contributed by atoms with Crippen molar-refractivity contribution in [2.75, 3.05) is 10.7 Å². The van der Waals surface area contributed by atoms with E-state index in [0.29, 0.717) is 12.5 Å². The third-order valence-electron chi connectivity index (χ3n) is 2.10. The Morgan fingerprint density at radius 3 is 2.76 bits per heavy atom. The van der Waals surface area contributed by atoms with Crippen LogP contribution in [0.2, 0.25) is 0 Å². The lowest BCUT2D eigenvalue weighted by atomic mass is 10.4. The lowest BCUT2D eigenvalue weighted by Gasteiger charge is -2.06. The van der Waals surface area contributed by atoms with Gasteiger partial charge in [0, 0.05) is 17.1 Å². The minimum atomic E-state index is 0.405. The van der Waals surface area contributed by atoms with Gasteiger partial charge in [0.05, 0.1) is 17.2 Å². The smallest absolute Gasteiger partial charge is 0.239 e. The van der Waals surface area contributed by atoms with Crippen LogP contribution < -0.4 is 16.6 Å². The van der Waals surface area contributed by atoms with Crippen LogP contribution in [0.3, 0.4) is 0 Å². The van der Waals surface area contributed by atoms with Gasteiger partial charge >= 0.3 is 0 Å². The molecular formula is C10H14N6S. The first-order valence-corrected chi connectivity index (χ1v) is 6.02. The number of nitrogen functional groups attached to an aromatic ring is 1. The minimum absolute atomic E-state index is 0.405. The molecule has 6 nitrogen and oxygen atoms in total. The minimum Gasteiger partial charge on any atom is -0.364 e. The summed E-state index contributed by atoms with van der Waals surface area (Å²) in [4.78, 5) is 12.7. The summed E-state index contributed by atoms with van der Waals surface area (Å²) in [5.74, 6) is 6.42. The topological polar surface area (TPSA) is 88.8 Å². The van der Waals surface area contributed by atoms with Gasteiger partial charge in [-0.15, -0.1) is 11.3 Å². The van der Waals surface area contributed by atoms with Crippen LogP contribution in [0.1, 0.15) is 16.4 Å². The van der Waals surface area contributed by atoms with Crippen LogP contribution >= 0.6 is 11.3 Å². The highest BCUT2D eigenvalue weighted by Crippen LogP contribution is 2.12. The lowest BCUT2D eigenvalue weighted by molar-refractivity contribution is 1.01. The van der Waals surface area contributed by atoms with E-state index in [0.717, 1.165) is 22.2 Å². The van der Waals surface area contributed by atoms with E-state index in [2.05, 4.69) is 25.7 Å². The predicted molar refractivity (Wildman–Crippen MR) is 68.8 cm³/mol. The molecule has 0 spiro atoms. The average Bonchev–Trinajstić information content (AvgIpc) is 2.72. The summed E-state index contributed by atoms with van der Waals surface area (Å²) in [5, 5.41) is 6.27. The van der Waals surface area contributed by atoms with E-state index in [1.807, 2.05) is 25.3 Å². The number of hydrogen-bond donors (Lipinski definition) is 3. The van der Waals surface area contributed by atoms with Crippen LogP contribution in [0, 0.1) is 13.8 Å². The van der Waals surface area contributed by atoms with E-state index in [1.54, 1.807) is 11.3 Å². The Morgan fingerprint density at radius 1 is 1.29 bits per heavy atom. The van der Waals surface area contributed by atoms with Gasteiger partial charge in [0.15, 0.2) is 0 Å². The molecule has 0 amide bonds. The molecule has 2 rings (SSSR count). The maximum Gasteiger partial charge on any atom is 0.239 e. The third-order valence-corrected chi connectivity index (χ3v) is 2.92. The van der Waals surface area contributed by atoms with Gasteiger partial charge in [-0.1, -0.05) is 0 Å². The van der Waals surface area contributed by atoms with Crippen molar-refractivity contribution in [3.8, 4) is 0 Å². The molecule has 0 aromatic carbocycles. The number of hydrazine groups is 1. The number of aromatic nitrogens is 3. The summed E-state index contributed by atoms with van der Waals surface area (Å²) in [6, 6.07) is 1.86. The molecule has 0 saturated heterocycles. The van der Waals surface area contributed by atoms with Crippen LogP contribution in [0.4, 0.5) is 11.8 Å². The molecule has 2 aromatic heterocycles. The lowest BCUT2D eigenvalue weighted by Crippen LogP contribution is -2.12. The predicted octanol–water partition coefficient (Wildman–Crippen LogP) is 1.45. The van der Waals surface area contributed by atoms with Crippen LogP contribution in [-0.2, 0) is 6.54 Å². The zero-order valence-corrected chi connectivity index (χ0v) is 10.5. The molecule has 4 N–H and O–H groups in total. The highest BCUT2D eigenvalue weighted by molar-refractivity contribution is 7.09. The van der Waals surface area contributed by atoms with Crippen molar-refractivity contribution in [1.82, 2.24) is 15.0 Å². The second-order valence-corrected chi connectivity index (χ2v) is 4.64. The molecule has 0 aliphatic carbocycles. The Hall–Kier alpha value is -1.73. The zero-order chi connectivity index (χ0) is 12.3. The number of nitrogens with zero attached hydrogens (tertiary/aromatic N) is 3. The van der Waals surface area contributed by atoms with E-state index in [-0.39, 0.29) is 0 Å². The fourth-order valence-corrected chi connectivity index (χ4v) is 2.01. The van der Waals surface area contributed by atoms with E-state index < -0.39 is 0 Å². The maximum absolute atomic E-state index is 5.28. The van der Waals surface area contributed by atoms with Crippen molar-refractivity contribution >= 4 is 23.1 Å². The van der Waals surface area contributed by atoms with Crippen molar-refractivity contribution in [1.29, 1.82) is 0 Å². The molecule has 0 aliphatic heterocycles. The molecule has 0 bridgehead atoms. The van der Waals surface area contributed by atoms with Gasteiger partial charge in [0.1, 0.15) is 5.82 Å². The van der Waals surface area contributed by atoms with Crippen LogP contribution in [0.25, 0.3) is 0 Å². The molecule has 0 unspecified atom stereocenters.